The van der Waals surface area contributed by atoms with Gasteiger partial charge in [-0.25, -0.2) is 0 Å². The van der Waals surface area contributed by atoms with Crippen molar-refractivity contribution in [2.24, 2.45) is 0 Å². The first kappa shape index (κ1) is 13.1. The van der Waals surface area contributed by atoms with E-state index < -0.39 is 0 Å². The number of fused-ring (bicyclic) bond motifs is 1. The van der Waals surface area contributed by atoms with Crippen molar-refractivity contribution in [1.82, 2.24) is 5.32 Å². The summed E-state index contributed by atoms with van der Waals surface area (Å²) in [5.74, 6) is 2.37. The van der Waals surface area contributed by atoms with Crippen LogP contribution in [-0.4, -0.2) is 26.9 Å². The summed E-state index contributed by atoms with van der Waals surface area (Å²) in [6.45, 7) is 4.41. The molecular formula is C14H18BrNO3. The van der Waals surface area contributed by atoms with E-state index in [0.717, 1.165) is 40.3 Å². The lowest BCUT2D eigenvalue weighted by atomic mass is 9.89. The Balaban J connectivity index is 2.15. The van der Waals surface area contributed by atoms with Gasteiger partial charge < -0.3 is 19.5 Å². The predicted molar refractivity (Wildman–Crippen MR) is 76.3 cm³/mol. The topological polar surface area (TPSA) is 39.7 Å². The Morgan fingerprint density at radius 1 is 1.37 bits per heavy atom. The molecule has 0 spiro atoms. The van der Waals surface area contributed by atoms with Crippen molar-refractivity contribution < 1.29 is 14.2 Å². The predicted octanol–water partition coefficient (Wildman–Crippen LogP) is 2.83. The van der Waals surface area contributed by atoms with Crippen molar-refractivity contribution >= 4 is 15.9 Å². The number of ether oxygens (including phenoxy) is 3. The third-order valence-corrected chi connectivity index (χ3v) is 4.62. The van der Waals surface area contributed by atoms with Crippen LogP contribution in [0.2, 0.25) is 0 Å². The first-order valence-electron chi connectivity index (χ1n) is 6.57. The molecule has 1 unspecified atom stereocenters. The van der Waals surface area contributed by atoms with Gasteiger partial charge in [-0.3, -0.25) is 0 Å². The van der Waals surface area contributed by atoms with E-state index in [1.54, 1.807) is 7.11 Å². The second kappa shape index (κ2) is 4.87. The number of hydrogen-bond donors (Lipinski definition) is 1. The molecule has 104 valence electrons. The fourth-order valence-electron chi connectivity index (χ4n) is 2.86. The monoisotopic (exact) mass is 327 g/mol. The Morgan fingerprint density at radius 2 is 2.16 bits per heavy atom. The van der Waals surface area contributed by atoms with Crippen LogP contribution in [0, 0.1) is 0 Å². The molecule has 2 aliphatic heterocycles. The molecule has 1 aromatic carbocycles. The largest absolute Gasteiger partial charge is 0.495 e. The summed E-state index contributed by atoms with van der Waals surface area (Å²) >= 11 is 3.59. The molecule has 3 rings (SSSR count). The summed E-state index contributed by atoms with van der Waals surface area (Å²) in [6, 6.07) is 2.05. The van der Waals surface area contributed by atoms with Gasteiger partial charge in [0.1, 0.15) is 23.4 Å². The summed E-state index contributed by atoms with van der Waals surface area (Å²) in [5.41, 5.74) is 1.06. The van der Waals surface area contributed by atoms with Crippen molar-refractivity contribution in [2.45, 2.75) is 25.3 Å². The fourth-order valence-corrected chi connectivity index (χ4v) is 3.55. The van der Waals surface area contributed by atoms with Crippen LogP contribution in [-0.2, 0) is 5.54 Å². The Kier molecular flexibility index (Phi) is 3.35. The molecule has 1 atom stereocenters. The standard InChI is InChI=1S/C14H18BrNO3/c1-14(4-3-5-16-14)9-8-10-13(19-7-6-18-10)11(15)12(9)17-2/h8,16H,3-7H2,1-2H3. The number of rotatable bonds is 2. The zero-order valence-corrected chi connectivity index (χ0v) is 12.8. The van der Waals surface area contributed by atoms with Gasteiger partial charge in [0.25, 0.3) is 0 Å². The maximum atomic E-state index is 5.71. The molecule has 1 saturated heterocycles. The van der Waals surface area contributed by atoms with E-state index >= 15 is 0 Å². The van der Waals surface area contributed by atoms with Crippen LogP contribution in [0.3, 0.4) is 0 Å². The highest BCUT2D eigenvalue weighted by atomic mass is 79.9. The van der Waals surface area contributed by atoms with Gasteiger partial charge in [-0.15, -0.1) is 0 Å². The summed E-state index contributed by atoms with van der Waals surface area (Å²) < 4.78 is 17.8. The minimum Gasteiger partial charge on any atom is -0.495 e. The molecule has 1 aromatic rings. The Morgan fingerprint density at radius 3 is 2.84 bits per heavy atom. The van der Waals surface area contributed by atoms with E-state index in [0.29, 0.717) is 13.2 Å². The van der Waals surface area contributed by atoms with Crippen molar-refractivity contribution in [3.8, 4) is 17.2 Å². The molecule has 1 fully saturated rings. The number of hydrogen-bond acceptors (Lipinski definition) is 4. The van der Waals surface area contributed by atoms with Crippen LogP contribution in [0.1, 0.15) is 25.3 Å². The first-order chi connectivity index (χ1) is 9.15. The highest BCUT2D eigenvalue weighted by Gasteiger charge is 2.36. The Labute approximate surface area is 121 Å². The van der Waals surface area contributed by atoms with Gasteiger partial charge in [0.2, 0.25) is 0 Å². The Bertz CT molecular complexity index is 498. The van der Waals surface area contributed by atoms with Gasteiger partial charge in [-0.1, -0.05) is 0 Å². The second-order valence-corrected chi connectivity index (χ2v) is 5.95. The highest BCUT2D eigenvalue weighted by molar-refractivity contribution is 9.10. The molecule has 0 bridgehead atoms. The van der Waals surface area contributed by atoms with Crippen molar-refractivity contribution in [1.29, 1.82) is 0 Å². The van der Waals surface area contributed by atoms with Gasteiger partial charge in [-0.05, 0) is 48.3 Å². The SMILES string of the molecule is COc1c(C2(C)CCCN2)cc2c(c1Br)OCCO2. The molecular weight excluding hydrogens is 310 g/mol. The minimum atomic E-state index is -0.0658. The van der Waals surface area contributed by atoms with E-state index in [2.05, 4.69) is 34.2 Å². The summed E-state index contributed by atoms with van der Waals surface area (Å²) in [5, 5.41) is 3.56. The Hall–Kier alpha value is -0.940. The van der Waals surface area contributed by atoms with Crippen molar-refractivity contribution in [3.63, 3.8) is 0 Å². The lowest BCUT2D eigenvalue weighted by molar-refractivity contribution is 0.168. The van der Waals surface area contributed by atoms with Gasteiger partial charge >= 0.3 is 0 Å². The third-order valence-electron chi connectivity index (χ3n) is 3.90. The molecule has 0 aliphatic carbocycles. The quantitative estimate of drug-likeness (QED) is 0.906. The molecule has 1 N–H and O–H groups in total. The molecule has 0 amide bonds. The molecule has 0 radical (unpaired) electrons. The summed E-state index contributed by atoms with van der Waals surface area (Å²) in [4.78, 5) is 0. The maximum Gasteiger partial charge on any atom is 0.179 e. The normalized spacial score (nSPS) is 25.4. The van der Waals surface area contributed by atoms with Crippen LogP contribution in [0.15, 0.2) is 10.5 Å². The average molecular weight is 328 g/mol. The first-order valence-corrected chi connectivity index (χ1v) is 7.36. The van der Waals surface area contributed by atoms with Gasteiger partial charge in [0, 0.05) is 11.1 Å². The minimum absolute atomic E-state index is 0.0658. The zero-order chi connectivity index (χ0) is 13.5. The van der Waals surface area contributed by atoms with Crippen LogP contribution in [0.5, 0.6) is 17.2 Å². The van der Waals surface area contributed by atoms with Crippen LogP contribution >= 0.6 is 15.9 Å². The van der Waals surface area contributed by atoms with E-state index in [1.165, 1.54) is 6.42 Å². The third kappa shape index (κ3) is 2.09. The summed E-state index contributed by atoms with van der Waals surface area (Å²) in [6.07, 6.45) is 2.27. The number of benzene rings is 1. The zero-order valence-electron chi connectivity index (χ0n) is 11.2. The van der Waals surface area contributed by atoms with Crippen LogP contribution < -0.4 is 19.5 Å². The number of nitrogens with one attached hydrogen (secondary N) is 1. The lowest BCUT2D eigenvalue weighted by Crippen LogP contribution is -2.34. The van der Waals surface area contributed by atoms with Crippen LogP contribution in [0.4, 0.5) is 0 Å². The van der Waals surface area contributed by atoms with E-state index in [4.69, 9.17) is 14.2 Å². The molecule has 0 aromatic heterocycles. The molecule has 0 saturated carbocycles. The number of halogens is 1. The smallest absolute Gasteiger partial charge is 0.179 e. The summed E-state index contributed by atoms with van der Waals surface area (Å²) in [7, 11) is 1.69. The van der Waals surface area contributed by atoms with Gasteiger partial charge in [0.05, 0.1) is 7.11 Å². The average Bonchev–Trinajstić information content (AvgIpc) is 2.87. The molecule has 2 heterocycles. The van der Waals surface area contributed by atoms with Gasteiger partial charge in [0.15, 0.2) is 11.5 Å². The number of methoxy groups -OCH3 is 1. The molecule has 19 heavy (non-hydrogen) atoms. The fraction of sp³-hybridized carbons (Fsp3) is 0.571. The highest BCUT2D eigenvalue weighted by Crippen LogP contribution is 2.49. The maximum absolute atomic E-state index is 5.71. The molecule has 2 aliphatic rings. The van der Waals surface area contributed by atoms with E-state index in [1.807, 2.05) is 0 Å². The lowest BCUT2D eigenvalue weighted by Gasteiger charge is -2.30. The van der Waals surface area contributed by atoms with Crippen molar-refractivity contribution in [2.75, 3.05) is 26.9 Å². The molecule has 4 nitrogen and oxygen atoms in total. The second-order valence-electron chi connectivity index (χ2n) is 5.16. The van der Waals surface area contributed by atoms with Gasteiger partial charge in [-0.2, -0.15) is 0 Å². The van der Waals surface area contributed by atoms with E-state index in [-0.39, 0.29) is 5.54 Å². The van der Waals surface area contributed by atoms with Crippen molar-refractivity contribution in [3.05, 3.63) is 16.1 Å². The van der Waals surface area contributed by atoms with Crippen LogP contribution in [0.25, 0.3) is 0 Å². The van der Waals surface area contributed by atoms with E-state index in [9.17, 15) is 0 Å². The molecule has 5 heteroatoms.